The molecule has 0 radical (unpaired) electrons. The minimum atomic E-state index is -0.667. The number of aromatic nitrogens is 4. The number of hydrogen-bond donors (Lipinski definition) is 1. The molecule has 0 spiro atoms. The summed E-state index contributed by atoms with van der Waals surface area (Å²) in [6, 6.07) is 24.3. The first kappa shape index (κ1) is 23.0. The molecule has 36 heavy (non-hydrogen) atoms. The molecule has 5 aromatic rings. The molecule has 0 aliphatic heterocycles. The third-order valence-corrected chi connectivity index (χ3v) is 5.90. The van der Waals surface area contributed by atoms with Crippen molar-refractivity contribution in [3.63, 3.8) is 0 Å². The number of halogens is 1. The lowest BCUT2D eigenvalue weighted by Gasteiger charge is -2.18. The van der Waals surface area contributed by atoms with Crippen LogP contribution in [0, 0.1) is 5.82 Å². The van der Waals surface area contributed by atoms with Gasteiger partial charge in [0.15, 0.2) is 5.69 Å². The maximum Gasteiger partial charge on any atom is 0.272 e. The standard InChI is InChI=1S/C28H24FN5O2/c1-33-16-15-30-27(33)26(20-7-6-8-21(29)17-20)31-28(35)24-18-25(19-11-13-23(36-2)14-12-19)34(32-24)22-9-4-3-5-10-22/h3-18,26H,1-2H3,(H,31,35). The zero-order valence-electron chi connectivity index (χ0n) is 19.8. The van der Waals surface area contributed by atoms with Gasteiger partial charge >= 0.3 is 0 Å². The van der Waals surface area contributed by atoms with E-state index in [0.29, 0.717) is 11.4 Å². The summed E-state index contributed by atoms with van der Waals surface area (Å²) in [6.07, 6.45) is 3.42. The highest BCUT2D eigenvalue weighted by molar-refractivity contribution is 5.94. The monoisotopic (exact) mass is 481 g/mol. The van der Waals surface area contributed by atoms with Crippen molar-refractivity contribution in [2.24, 2.45) is 7.05 Å². The van der Waals surface area contributed by atoms with Crippen LogP contribution in [0.5, 0.6) is 5.75 Å². The maximum absolute atomic E-state index is 14.1. The Morgan fingerprint density at radius 3 is 2.44 bits per heavy atom. The van der Waals surface area contributed by atoms with Crippen molar-refractivity contribution in [3.8, 4) is 22.7 Å². The van der Waals surface area contributed by atoms with E-state index < -0.39 is 17.8 Å². The number of carbonyl (C=O) groups excluding carboxylic acids is 1. The van der Waals surface area contributed by atoms with Gasteiger partial charge in [0, 0.05) is 25.0 Å². The number of hydrogen-bond acceptors (Lipinski definition) is 4. The fraction of sp³-hybridized carbons (Fsp3) is 0.107. The van der Waals surface area contributed by atoms with E-state index in [-0.39, 0.29) is 5.69 Å². The average Bonchev–Trinajstić information content (AvgIpc) is 3.54. The lowest BCUT2D eigenvalue weighted by Crippen LogP contribution is -2.31. The van der Waals surface area contributed by atoms with Crippen LogP contribution in [0.3, 0.4) is 0 Å². The van der Waals surface area contributed by atoms with Gasteiger partial charge in [-0.1, -0.05) is 30.3 Å². The Bertz CT molecular complexity index is 1490. The van der Waals surface area contributed by atoms with Crippen molar-refractivity contribution in [2.45, 2.75) is 6.04 Å². The van der Waals surface area contributed by atoms with Gasteiger partial charge in [-0.2, -0.15) is 5.10 Å². The Balaban J connectivity index is 1.54. The fourth-order valence-corrected chi connectivity index (χ4v) is 4.07. The number of benzene rings is 3. The van der Waals surface area contributed by atoms with Crippen molar-refractivity contribution >= 4 is 5.91 Å². The van der Waals surface area contributed by atoms with E-state index in [4.69, 9.17) is 4.74 Å². The molecule has 180 valence electrons. The number of rotatable bonds is 7. The topological polar surface area (TPSA) is 74.0 Å². The number of aryl methyl sites for hydroxylation is 1. The summed E-state index contributed by atoms with van der Waals surface area (Å²) in [5.74, 6) is 0.509. The maximum atomic E-state index is 14.1. The highest BCUT2D eigenvalue weighted by Gasteiger charge is 2.24. The summed E-state index contributed by atoms with van der Waals surface area (Å²) < 4.78 is 22.9. The SMILES string of the molecule is COc1ccc(-c2cc(C(=O)NC(c3cccc(F)c3)c3nccn3C)nn2-c2ccccc2)cc1. The molecule has 3 aromatic carbocycles. The predicted molar refractivity (Wildman–Crippen MR) is 134 cm³/mol. The lowest BCUT2D eigenvalue weighted by atomic mass is 10.1. The summed E-state index contributed by atoms with van der Waals surface area (Å²) in [6.45, 7) is 0. The number of amides is 1. The van der Waals surface area contributed by atoms with Gasteiger partial charge < -0.3 is 14.6 Å². The third-order valence-electron chi connectivity index (χ3n) is 5.90. The van der Waals surface area contributed by atoms with Gasteiger partial charge in [-0.25, -0.2) is 14.1 Å². The predicted octanol–water partition coefficient (Wildman–Crippen LogP) is 4.94. The van der Waals surface area contributed by atoms with Gasteiger partial charge in [0.2, 0.25) is 0 Å². The van der Waals surface area contributed by atoms with Crippen LogP contribution in [-0.4, -0.2) is 32.3 Å². The van der Waals surface area contributed by atoms with E-state index in [9.17, 15) is 9.18 Å². The molecule has 5 rings (SSSR count). The van der Waals surface area contributed by atoms with Crippen molar-refractivity contribution < 1.29 is 13.9 Å². The molecule has 7 nitrogen and oxygen atoms in total. The normalized spacial score (nSPS) is 11.8. The molecule has 0 fully saturated rings. The molecule has 0 saturated heterocycles. The van der Waals surface area contributed by atoms with E-state index in [0.717, 1.165) is 22.7 Å². The molecule has 2 aromatic heterocycles. The van der Waals surface area contributed by atoms with E-state index in [1.165, 1.54) is 12.1 Å². The first-order valence-corrected chi connectivity index (χ1v) is 11.4. The van der Waals surface area contributed by atoms with E-state index in [2.05, 4.69) is 15.4 Å². The van der Waals surface area contributed by atoms with E-state index in [1.807, 2.05) is 61.6 Å². The molecule has 1 atom stereocenters. The van der Waals surface area contributed by atoms with Crippen molar-refractivity contribution in [1.29, 1.82) is 0 Å². The van der Waals surface area contributed by atoms with Crippen molar-refractivity contribution in [3.05, 3.63) is 120 Å². The Kier molecular flexibility index (Phi) is 6.32. The van der Waals surface area contributed by atoms with Crippen molar-refractivity contribution in [1.82, 2.24) is 24.6 Å². The second-order valence-electron chi connectivity index (χ2n) is 8.25. The number of nitrogens with zero attached hydrogens (tertiary/aromatic N) is 4. The highest BCUT2D eigenvalue weighted by atomic mass is 19.1. The number of methoxy groups -OCH3 is 1. The first-order valence-electron chi connectivity index (χ1n) is 11.4. The Morgan fingerprint density at radius 1 is 1.00 bits per heavy atom. The number of carbonyl (C=O) groups is 1. The second-order valence-corrected chi connectivity index (χ2v) is 8.25. The molecule has 1 amide bonds. The fourth-order valence-electron chi connectivity index (χ4n) is 4.07. The summed E-state index contributed by atoms with van der Waals surface area (Å²) in [4.78, 5) is 17.9. The van der Waals surface area contributed by atoms with Crippen LogP contribution in [0.15, 0.2) is 97.3 Å². The largest absolute Gasteiger partial charge is 0.497 e. The third kappa shape index (κ3) is 4.61. The minimum Gasteiger partial charge on any atom is -0.497 e. The number of imidazole rings is 1. The van der Waals surface area contributed by atoms with Crippen LogP contribution in [0.25, 0.3) is 16.9 Å². The second kappa shape index (κ2) is 9.87. The number of ether oxygens (including phenoxy) is 1. The van der Waals surface area contributed by atoms with Gasteiger partial charge in [-0.3, -0.25) is 4.79 Å². The van der Waals surface area contributed by atoms with Crippen LogP contribution in [0.2, 0.25) is 0 Å². The zero-order chi connectivity index (χ0) is 25.1. The Labute approximate surface area is 207 Å². The minimum absolute atomic E-state index is 0.222. The molecular formula is C28H24FN5O2. The lowest BCUT2D eigenvalue weighted by molar-refractivity contribution is 0.0935. The molecule has 0 aliphatic carbocycles. The Morgan fingerprint density at radius 2 is 1.78 bits per heavy atom. The summed E-state index contributed by atoms with van der Waals surface area (Å²) in [7, 11) is 3.44. The smallest absolute Gasteiger partial charge is 0.272 e. The highest BCUT2D eigenvalue weighted by Crippen LogP contribution is 2.27. The van der Waals surface area contributed by atoms with Gasteiger partial charge in [-0.15, -0.1) is 0 Å². The molecule has 1 unspecified atom stereocenters. The number of nitrogens with one attached hydrogen (secondary N) is 1. The number of para-hydroxylation sites is 1. The van der Waals surface area contributed by atoms with Gasteiger partial charge in [0.25, 0.3) is 5.91 Å². The van der Waals surface area contributed by atoms with Crippen LogP contribution < -0.4 is 10.1 Å². The first-order chi connectivity index (χ1) is 17.5. The van der Waals surface area contributed by atoms with Crippen LogP contribution >= 0.6 is 0 Å². The van der Waals surface area contributed by atoms with Crippen molar-refractivity contribution in [2.75, 3.05) is 7.11 Å². The quantitative estimate of drug-likeness (QED) is 0.357. The molecule has 1 N–H and O–H groups in total. The summed E-state index contributed by atoms with van der Waals surface area (Å²) >= 11 is 0. The van der Waals surface area contributed by atoms with Gasteiger partial charge in [0.05, 0.1) is 18.5 Å². The zero-order valence-corrected chi connectivity index (χ0v) is 19.8. The van der Waals surface area contributed by atoms with Gasteiger partial charge in [-0.05, 0) is 60.2 Å². The summed E-state index contributed by atoms with van der Waals surface area (Å²) in [5.41, 5.74) is 3.23. The average molecular weight is 482 g/mol. The molecule has 0 aliphatic rings. The molecule has 8 heteroatoms. The molecule has 0 saturated carbocycles. The Hall–Kier alpha value is -4.72. The molecule has 2 heterocycles. The van der Waals surface area contributed by atoms with E-state index in [1.54, 1.807) is 47.0 Å². The van der Waals surface area contributed by atoms with Crippen LogP contribution in [-0.2, 0) is 7.05 Å². The van der Waals surface area contributed by atoms with Gasteiger partial charge in [0.1, 0.15) is 23.4 Å². The molecular weight excluding hydrogens is 457 g/mol. The molecule has 0 bridgehead atoms. The van der Waals surface area contributed by atoms with Crippen LogP contribution in [0.4, 0.5) is 4.39 Å². The van der Waals surface area contributed by atoms with E-state index >= 15 is 0 Å². The van der Waals surface area contributed by atoms with Crippen LogP contribution in [0.1, 0.15) is 27.9 Å². The summed E-state index contributed by atoms with van der Waals surface area (Å²) in [5, 5.41) is 7.64.